The van der Waals surface area contributed by atoms with E-state index in [2.05, 4.69) is 5.32 Å². The Hall–Kier alpha value is -3.92. The second-order valence-corrected chi connectivity index (χ2v) is 8.30. The van der Waals surface area contributed by atoms with Crippen LogP contribution in [-0.4, -0.2) is 35.8 Å². The minimum atomic E-state index is -0.781. The van der Waals surface area contributed by atoms with Crippen LogP contribution in [0.4, 0.5) is 4.39 Å². The fourth-order valence-electron chi connectivity index (χ4n) is 3.67. The monoisotopic (exact) mass is 483 g/mol. The van der Waals surface area contributed by atoms with Crippen molar-refractivity contribution in [3.05, 3.63) is 86.1 Å². The Balaban J connectivity index is 1.56. The number of fused-ring (bicyclic) bond motifs is 1. The predicted molar refractivity (Wildman–Crippen MR) is 128 cm³/mol. The lowest BCUT2D eigenvalue weighted by atomic mass is 10.1. The van der Waals surface area contributed by atoms with Gasteiger partial charge in [-0.2, -0.15) is 0 Å². The number of hydrogen-bond donors (Lipinski definition) is 1. The predicted octanol–water partition coefficient (Wildman–Crippen LogP) is 2.73. The topological polar surface area (TPSA) is 91.6 Å². The third-order valence-electron chi connectivity index (χ3n) is 5.33. The molecular weight excluding hydrogens is 461 g/mol. The number of thiophene rings is 1. The number of carbonyl (C=O) groups is 1. The number of hydrogen-bond acceptors (Lipinski definition) is 6. The Labute approximate surface area is 197 Å². The molecule has 176 valence electrons. The van der Waals surface area contributed by atoms with E-state index in [-0.39, 0.29) is 16.9 Å². The number of carbonyl (C=O) groups excluding carboxylic acids is 1. The fourth-order valence-corrected chi connectivity index (χ4v) is 4.49. The second kappa shape index (κ2) is 9.92. The van der Waals surface area contributed by atoms with Crippen LogP contribution in [0, 0.1) is 5.82 Å². The summed E-state index contributed by atoms with van der Waals surface area (Å²) in [4.78, 5) is 38.7. The molecule has 10 heteroatoms. The summed E-state index contributed by atoms with van der Waals surface area (Å²) in [6.45, 7) is 0.00946. The van der Waals surface area contributed by atoms with Gasteiger partial charge in [0.05, 0.1) is 25.4 Å². The van der Waals surface area contributed by atoms with Gasteiger partial charge >= 0.3 is 5.69 Å². The van der Waals surface area contributed by atoms with Gasteiger partial charge in [-0.25, -0.2) is 13.8 Å². The van der Waals surface area contributed by atoms with E-state index in [1.807, 2.05) is 12.1 Å². The van der Waals surface area contributed by atoms with Crippen molar-refractivity contribution in [3.8, 4) is 17.2 Å². The van der Waals surface area contributed by atoms with Gasteiger partial charge < -0.3 is 14.8 Å². The number of halogens is 1. The third-order valence-corrected chi connectivity index (χ3v) is 6.23. The van der Waals surface area contributed by atoms with Crippen molar-refractivity contribution in [2.45, 2.75) is 13.0 Å². The molecule has 0 spiro atoms. The molecule has 2 aromatic carbocycles. The molecule has 2 aromatic heterocycles. The highest BCUT2D eigenvalue weighted by molar-refractivity contribution is 7.17. The number of rotatable bonds is 8. The number of aromatic nitrogens is 2. The number of benzene rings is 2. The van der Waals surface area contributed by atoms with Gasteiger partial charge in [0.25, 0.3) is 5.56 Å². The summed E-state index contributed by atoms with van der Waals surface area (Å²) < 4.78 is 27.1. The first kappa shape index (κ1) is 23.2. The second-order valence-electron chi connectivity index (χ2n) is 7.38. The van der Waals surface area contributed by atoms with Crippen molar-refractivity contribution in [1.29, 1.82) is 0 Å². The van der Waals surface area contributed by atoms with Gasteiger partial charge in [0.15, 0.2) is 11.5 Å². The van der Waals surface area contributed by atoms with Gasteiger partial charge in [0.1, 0.15) is 17.1 Å². The van der Waals surface area contributed by atoms with Crippen LogP contribution in [0.1, 0.15) is 5.56 Å². The zero-order valence-corrected chi connectivity index (χ0v) is 19.4. The zero-order chi connectivity index (χ0) is 24.2. The molecule has 0 aliphatic rings. The quantitative estimate of drug-likeness (QED) is 0.416. The molecule has 0 aliphatic carbocycles. The van der Waals surface area contributed by atoms with Crippen molar-refractivity contribution in [3.63, 3.8) is 0 Å². The highest BCUT2D eigenvalue weighted by Gasteiger charge is 2.19. The van der Waals surface area contributed by atoms with Gasteiger partial charge in [-0.15, -0.1) is 11.3 Å². The molecule has 0 atom stereocenters. The average Bonchev–Trinajstić information content (AvgIpc) is 3.33. The molecule has 4 aromatic rings. The lowest BCUT2D eigenvalue weighted by Gasteiger charge is -2.13. The van der Waals surface area contributed by atoms with Crippen LogP contribution >= 0.6 is 11.3 Å². The van der Waals surface area contributed by atoms with Crippen LogP contribution in [-0.2, 0) is 17.8 Å². The van der Waals surface area contributed by atoms with E-state index in [1.54, 1.807) is 31.7 Å². The summed E-state index contributed by atoms with van der Waals surface area (Å²) in [5.41, 5.74) is -0.289. The lowest BCUT2D eigenvalue weighted by Crippen LogP contribution is -2.42. The molecule has 1 amide bonds. The fraction of sp³-hybridized carbons (Fsp3) is 0.208. The van der Waals surface area contributed by atoms with Gasteiger partial charge in [-0.3, -0.25) is 14.2 Å². The molecule has 8 nitrogen and oxygen atoms in total. The maximum Gasteiger partial charge on any atom is 0.336 e. The van der Waals surface area contributed by atoms with Gasteiger partial charge in [0, 0.05) is 6.54 Å². The maximum atomic E-state index is 14.4. The number of amides is 1. The third kappa shape index (κ3) is 4.44. The Kier molecular flexibility index (Phi) is 6.78. The van der Waals surface area contributed by atoms with Crippen molar-refractivity contribution >= 4 is 27.5 Å². The van der Waals surface area contributed by atoms with E-state index in [1.165, 1.54) is 28.8 Å². The average molecular weight is 484 g/mol. The molecule has 0 fully saturated rings. The standard InChI is InChI=1S/C24H22FN3O5S/c1-32-19-8-7-15(13-20(19)33-2)9-11-26-21(29)14-27-18-10-12-34-22(18)23(30)28(24(27)31)17-6-4-3-5-16(17)25/h3-8,10,12-13H,9,11,14H2,1-2H3,(H,26,29). The smallest absolute Gasteiger partial charge is 0.336 e. The van der Waals surface area contributed by atoms with Crippen LogP contribution in [0.5, 0.6) is 11.5 Å². The minimum Gasteiger partial charge on any atom is -0.493 e. The molecular formula is C24H22FN3O5S. The van der Waals surface area contributed by atoms with Gasteiger partial charge in [-0.1, -0.05) is 18.2 Å². The first-order chi connectivity index (χ1) is 16.4. The highest BCUT2D eigenvalue weighted by atomic mass is 32.1. The Morgan fingerprint density at radius 1 is 1.06 bits per heavy atom. The first-order valence-corrected chi connectivity index (χ1v) is 11.3. The van der Waals surface area contributed by atoms with E-state index in [4.69, 9.17) is 9.47 Å². The van der Waals surface area contributed by atoms with E-state index in [0.717, 1.165) is 21.5 Å². The van der Waals surface area contributed by atoms with E-state index >= 15 is 0 Å². The van der Waals surface area contributed by atoms with Crippen molar-refractivity contribution in [2.75, 3.05) is 20.8 Å². The molecule has 34 heavy (non-hydrogen) atoms. The SMILES string of the molecule is COc1ccc(CCNC(=O)Cn2c(=O)n(-c3ccccc3F)c(=O)c3sccc32)cc1OC. The largest absolute Gasteiger partial charge is 0.493 e. The molecule has 0 bridgehead atoms. The molecule has 0 saturated carbocycles. The molecule has 0 aliphatic heterocycles. The molecule has 2 heterocycles. The Morgan fingerprint density at radius 3 is 2.56 bits per heavy atom. The molecule has 0 saturated heterocycles. The summed E-state index contributed by atoms with van der Waals surface area (Å²) >= 11 is 1.13. The number of nitrogens with one attached hydrogen (secondary N) is 1. The normalized spacial score (nSPS) is 10.9. The summed E-state index contributed by atoms with van der Waals surface area (Å²) in [6, 6.07) is 12.6. The molecule has 0 radical (unpaired) electrons. The molecule has 1 N–H and O–H groups in total. The van der Waals surface area contributed by atoms with E-state index < -0.39 is 23.0 Å². The van der Waals surface area contributed by atoms with E-state index in [0.29, 0.717) is 30.0 Å². The number of para-hydroxylation sites is 1. The Bertz CT molecular complexity index is 1470. The van der Waals surface area contributed by atoms with Crippen molar-refractivity contribution < 1.29 is 18.7 Å². The molecule has 0 unspecified atom stereocenters. The lowest BCUT2D eigenvalue weighted by molar-refractivity contribution is -0.121. The minimum absolute atomic E-state index is 0.157. The van der Waals surface area contributed by atoms with E-state index in [9.17, 15) is 18.8 Å². The Morgan fingerprint density at radius 2 is 1.82 bits per heavy atom. The summed E-state index contributed by atoms with van der Waals surface area (Å²) in [7, 11) is 3.10. The number of methoxy groups -OCH3 is 2. The van der Waals surface area contributed by atoms with Crippen molar-refractivity contribution in [1.82, 2.24) is 14.5 Å². The molecule has 4 rings (SSSR count). The number of nitrogens with zero attached hydrogens (tertiary/aromatic N) is 2. The first-order valence-electron chi connectivity index (χ1n) is 10.4. The van der Waals surface area contributed by atoms with Crippen LogP contribution in [0.2, 0.25) is 0 Å². The summed E-state index contributed by atoms with van der Waals surface area (Å²) in [6.07, 6.45) is 0.531. The zero-order valence-electron chi connectivity index (χ0n) is 18.5. The summed E-state index contributed by atoms with van der Waals surface area (Å²) in [5.74, 6) is 0.0879. The van der Waals surface area contributed by atoms with Gasteiger partial charge in [0.2, 0.25) is 5.91 Å². The van der Waals surface area contributed by atoms with Crippen LogP contribution in [0.25, 0.3) is 15.9 Å². The number of ether oxygens (including phenoxy) is 2. The van der Waals surface area contributed by atoms with Crippen LogP contribution in [0.3, 0.4) is 0 Å². The van der Waals surface area contributed by atoms with Crippen LogP contribution in [0.15, 0.2) is 63.5 Å². The highest BCUT2D eigenvalue weighted by Crippen LogP contribution is 2.27. The van der Waals surface area contributed by atoms with Crippen molar-refractivity contribution in [2.24, 2.45) is 0 Å². The van der Waals surface area contributed by atoms with Gasteiger partial charge in [-0.05, 0) is 47.7 Å². The maximum absolute atomic E-state index is 14.4. The summed E-state index contributed by atoms with van der Waals surface area (Å²) in [5, 5.41) is 4.44. The van der Waals surface area contributed by atoms with Crippen LogP contribution < -0.4 is 26.0 Å².